The van der Waals surface area contributed by atoms with E-state index in [-0.39, 0.29) is 5.91 Å². The summed E-state index contributed by atoms with van der Waals surface area (Å²) in [5.41, 5.74) is 0.306. The maximum absolute atomic E-state index is 11.5. The molecule has 0 radical (unpaired) electrons. The van der Waals surface area contributed by atoms with Gasteiger partial charge in [-0.15, -0.1) is 5.10 Å². The number of hydrogen-bond donors (Lipinski definition) is 1. The molecule has 15 heavy (non-hydrogen) atoms. The van der Waals surface area contributed by atoms with Crippen molar-refractivity contribution in [3.63, 3.8) is 0 Å². The number of amides is 1. The number of aromatic nitrogens is 3. The van der Waals surface area contributed by atoms with Crippen molar-refractivity contribution >= 4 is 45.8 Å². The van der Waals surface area contributed by atoms with Crippen molar-refractivity contribution in [2.45, 2.75) is 0 Å². The highest BCUT2D eigenvalue weighted by molar-refractivity contribution is 14.1. The number of pyridine rings is 1. The molecule has 0 aliphatic heterocycles. The zero-order chi connectivity index (χ0) is 10.7. The van der Waals surface area contributed by atoms with Crippen LogP contribution in [0.5, 0.6) is 0 Å². The van der Waals surface area contributed by atoms with Crippen molar-refractivity contribution in [2.75, 3.05) is 5.32 Å². The monoisotopic (exact) mass is 332 g/mol. The van der Waals surface area contributed by atoms with Crippen LogP contribution >= 0.6 is 34.1 Å². The molecule has 0 bridgehead atoms. The Kier molecular flexibility index (Phi) is 3.21. The van der Waals surface area contributed by atoms with Gasteiger partial charge in [0.05, 0.1) is 0 Å². The molecule has 7 heteroatoms. The topological polar surface area (TPSA) is 67.8 Å². The van der Waals surface area contributed by atoms with Gasteiger partial charge in [0, 0.05) is 15.1 Å². The third kappa shape index (κ3) is 2.69. The molecule has 1 N–H and O–H groups in total. The van der Waals surface area contributed by atoms with Crippen molar-refractivity contribution < 1.29 is 4.79 Å². The van der Waals surface area contributed by atoms with Crippen molar-refractivity contribution in [3.8, 4) is 0 Å². The minimum atomic E-state index is -0.294. The lowest BCUT2D eigenvalue weighted by atomic mass is 10.4. The maximum atomic E-state index is 11.5. The van der Waals surface area contributed by atoms with Gasteiger partial charge in [0.2, 0.25) is 0 Å². The first-order valence-corrected chi connectivity index (χ1v) is 5.87. The number of hydrogen-bond acceptors (Lipinski definition) is 5. The molecule has 76 valence electrons. The fourth-order valence-electron chi connectivity index (χ4n) is 0.894. The molecule has 2 aromatic rings. The van der Waals surface area contributed by atoms with Crippen LogP contribution in [0.3, 0.4) is 0 Å². The van der Waals surface area contributed by atoms with Gasteiger partial charge in [-0.1, -0.05) is 4.49 Å². The molecule has 0 aromatic carbocycles. The fourth-order valence-corrected chi connectivity index (χ4v) is 1.65. The molecule has 0 saturated carbocycles. The van der Waals surface area contributed by atoms with E-state index < -0.39 is 0 Å². The van der Waals surface area contributed by atoms with Crippen LogP contribution < -0.4 is 5.32 Å². The number of halogens is 1. The lowest BCUT2D eigenvalue weighted by Gasteiger charge is -2.00. The fraction of sp³-hybridized carbons (Fsp3) is 0. The second kappa shape index (κ2) is 4.62. The van der Waals surface area contributed by atoms with Gasteiger partial charge in [-0.05, 0) is 46.3 Å². The molecule has 0 fully saturated rings. The average molecular weight is 332 g/mol. The van der Waals surface area contributed by atoms with E-state index in [2.05, 4.69) is 42.5 Å². The first-order valence-electron chi connectivity index (χ1n) is 3.95. The van der Waals surface area contributed by atoms with Gasteiger partial charge in [-0.25, -0.2) is 4.98 Å². The Hall–Kier alpha value is -1.09. The van der Waals surface area contributed by atoms with Crippen molar-refractivity contribution in [3.05, 3.63) is 33.0 Å². The van der Waals surface area contributed by atoms with E-state index in [4.69, 9.17) is 0 Å². The molecule has 0 spiro atoms. The zero-order valence-electron chi connectivity index (χ0n) is 7.35. The predicted octanol–water partition coefficient (Wildman–Crippen LogP) is 1.79. The molecular weight excluding hydrogens is 327 g/mol. The highest BCUT2D eigenvalue weighted by Gasteiger charge is 2.08. The SMILES string of the molecule is O=C(Nc1ccc(I)cn1)c1csnn1. The van der Waals surface area contributed by atoms with Gasteiger partial charge in [0.25, 0.3) is 5.91 Å². The standard InChI is InChI=1S/C8H5IN4OS/c9-5-1-2-7(10-3-5)11-8(14)6-4-15-13-12-6/h1-4H,(H,10,11,14). The summed E-state index contributed by atoms with van der Waals surface area (Å²) in [4.78, 5) is 15.6. The first-order chi connectivity index (χ1) is 7.25. The van der Waals surface area contributed by atoms with E-state index in [1.165, 1.54) is 0 Å². The van der Waals surface area contributed by atoms with E-state index in [1.807, 2.05) is 6.07 Å². The predicted molar refractivity (Wildman–Crippen MR) is 64.8 cm³/mol. The van der Waals surface area contributed by atoms with Gasteiger partial charge >= 0.3 is 0 Å². The second-order valence-corrected chi connectivity index (χ2v) is 4.46. The Labute approximate surface area is 103 Å². The lowest BCUT2D eigenvalue weighted by molar-refractivity contribution is 0.102. The van der Waals surface area contributed by atoms with Crippen LogP contribution in [0.1, 0.15) is 10.5 Å². The molecule has 0 aliphatic carbocycles. The molecule has 1 amide bonds. The van der Waals surface area contributed by atoms with Crippen LogP contribution in [0.15, 0.2) is 23.7 Å². The maximum Gasteiger partial charge on any atom is 0.278 e. The Morgan fingerprint density at radius 2 is 2.33 bits per heavy atom. The van der Waals surface area contributed by atoms with Gasteiger partial charge in [0.15, 0.2) is 5.69 Å². The summed E-state index contributed by atoms with van der Waals surface area (Å²) in [5.74, 6) is 0.214. The average Bonchev–Trinajstić information content (AvgIpc) is 2.74. The summed E-state index contributed by atoms with van der Waals surface area (Å²) >= 11 is 3.28. The first kappa shape index (κ1) is 10.4. The quantitative estimate of drug-likeness (QED) is 0.852. The minimum absolute atomic E-state index is 0.294. The molecule has 0 saturated heterocycles. The van der Waals surface area contributed by atoms with Crippen LogP contribution in [0.2, 0.25) is 0 Å². The summed E-state index contributed by atoms with van der Waals surface area (Å²) in [6.07, 6.45) is 1.68. The Morgan fingerprint density at radius 3 is 2.93 bits per heavy atom. The van der Waals surface area contributed by atoms with Crippen LogP contribution in [0.4, 0.5) is 5.82 Å². The molecule has 0 atom stereocenters. The smallest absolute Gasteiger partial charge is 0.278 e. The van der Waals surface area contributed by atoms with Crippen LogP contribution in [0, 0.1) is 3.57 Å². The third-order valence-corrected chi connectivity index (χ3v) is 2.70. The molecule has 2 aromatic heterocycles. The number of nitrogens with zero attached hydrogens (tertiary/aromatic N) is 3. The van der Waals surface area contributed by atoms with Crippen molar-refractivity contribution in [1.29, 1.82) is 0 Å². The summed E-state index contributed by atoms with van der Waals surface area (Å²) in [7, 11) is 0. The second-order valence-electron chi connectivity index (χ2n) is 2.61. The zero-order valence-corrected chi connectivity index (χ0v) is 10.3. The largest absolute Gasteiger partial charge is 0.305 e. The Morgan fingerprint density at radius 1 is 1.47 bits per heavy atom. The highest BCUT2D eigenvalue weighted by Crippen LogP contribution is 2.08. The molecule has 2 heterocycles. The van der Waals surface area contributed by atoms with Crippen molar-refractivity contribution in [2.24, 2.45) is 0 Å². The Bertz CT molecular complexity index is 456. The number of nitrogens with one attached hydrogen (secondary N) is 1. The van der Waals surface area contributed by atoms with E-state index >= 15 is 0 Å². The number of rotatable bonds is 2. The molecule has 0 unspecified atom stereocenters. The number of carbonyl (C=O) groups is 1. The van der Waals surface area contributed by atoms with E-state index in [0.29, 0.717) is 11.5 Å². The molecule has 0 aliphatic rings. The van der Waals surface area contributed by atoms with E-state index in [0.717, 1.165) is 15.1 Å². The highest BCUT2D eigenvalue weighted by atomic mass is 127. The van der Waals surface area contributed by atoms with E-state index in [1.54, 1.807) is 17.6 Å². The third-order valence-electron chi connectivity index (χ3n) is 1.56. The normalized spacial score (nSPS) is 9.93. The summed E-state index contributed by atoms with van der Waals surface area (Å²) in [6.45, 7) is 0. The minimum Gasteiger partial charge on any atom is -0.305 e. The molecule has 5 nitrogen and oxygen atoms in total. The summed E-state index contributed by atoms with van der Waals surface area (Å²) < 4.78 is 4.62. The van der Waals surface area contributed by atoms with Gasteiger partial charge in [-0.3, -0.25) is 4.79 Å². The number of anilines is 1. The lowest BCUT2D eigenvalue weighted by Crippen LogP contribution is -2.13. The summed E-state index contributed by atoms with van der Waals surface area (Å²) in [5, 5.41) is 7.86. The Balaban J connectivity index is 2.09. The van der Waals surface area contributed by atoms with E-state index in [9.17, 15) is 4.79 Å². The van der Waals surface area contributed by atoms with Crippen molar-refractivity contribution in [1.82, 2.24) is 14.6 Å². The van der Waals surface area contributed by atoms with Crippen LogP contribution in [-0.4, -0.2) is 20.5 Å². The van der Waals surface area contributed by atoms with Crippen LogP contribution in [0.25, 0.3) is 0 Å². The molecular formula is C8H5IN4OS. The van der Waals surface area contributed by atoms with Gasteiger partial charge in [0.1, 0.15) is 5.82 Å². The molecule has 2 rings (SSSR count). The van der Waals surface area contributed by atoms with Crippen LogP contribution in [-0.2, 0) is 0 Å². The number of carbonyl (C=O) groups excluding carboxylic acids is 1. The summed E-state index contributed by atoms with van der Waals surface area (Å²) in [6, 6.07) is 3.60. The van der Waals surface area contributed by atoms with Gasteiger partial charge < -0.3 is 5.32 Å². The van der Waals surface area contributed by atoms with Gasteiger partial charge in [-0.2, -0.15) is 0 Å².